The number of rotatable bonds is 4. The average molecular weight is 245 g/mol. The van der Waals surface area contributed by atoms with Gasteiger partial charge >= 0.3 is 0 Å². The van der Waals surface area contributed by atoms with Crippen molar-refractivity contribution >= 4 is 5.78 Å². The van der Waals surface area contributed by atoms with Gasteiger partial charge in [-0.15, -0.1) is 0 Å². The number of carbonyl (C=O) groups excluding carboxylic acids is 1. The number of carbonyl (C=O) groups is 1. The Morgan fingerprint density at radius 1 is 1.11 bits per heavy atom. The molecule has 0 N–H and O–H groups in total. The molecule has 1 aliphatic rings. The molecule has 1 aromatic rings. The Morgan fingerprint density at radius 2 is 1.72 bits per heavy atom. The first kappa shape index (κ1) is 13.3. The van der Waals surface area contributed by atoms with E-state index in [1.54, 1.807) is 0 Å². The summed E-state index contributed by atoms with van der Waals surface area (Å²) >= 11 is 0. The van der Waals surface area contributed by atoms with E-state index in [-0.39, 0.29) is 5.54 Å². The second-order valence-corrected chi connectivity index (χ2v) is 5.82. The van der Waals surface area contributed by atoms with Crippen molar-refractivity contribution in [3.8, 4) is 0 Å². The molecule has 0 bridgehead atoms. The van der Waals surface area contributed by atoms with Crippen LogP contribution >= 0.6 is 0 Å². The largest absolute Gasteiger partial charge is 0.300 e. The Balaban J connectivity index is 1.89. The van der Waals surface area contributed by atoms with Gasteiger partial charge < -0.3 is 0 Å². The van der Waals surface area contributed by atoms with Crippen molar-refractivity contribution in [2.75, 3.05) is 13.1 Å². The van der Waals surface area contributed by atoms with Crippen LogP contribution < -0.4 is 0 Å². The molecule has 0 unspecified atom stereocenters. The van der Waals surface area contributed by atoms with Crippen LogP contribution in [0.5, 0.6) is 0 Å². The van der Waals surface area contributed by atoms with E-state index in [0.29, 0.717) is 5.78 Å². The molecule has 0 radical (unpaired) electrons. The molecule has 2 nitrogen and oxygen atoms in total. The normalized spacial score (nSPS) is 18.0. The van der Waals surface area contributed by atoms with E-state index in [9.17, 15) is 4.79 Å². The highest BCUT2D eigenvalue weighted by Gasteiger charge is 2.29. The molecule has 1 heterocycles. The number of piperidine rings is 1. The monoisotopic (exact) mass is 245 g/mol. The lowest BCUT2D eigenvalue weighted by molar-refractivity contribution is -0.122. The minimum Gasteiger partial charge on any atom is -0.300 e. The van der Waals surface area contributed by atoms with Gasteiger partial charge in [-0.25, -0.2) is 0 Å². The fraction of sp³-hybridized carbons (Fsp3) is 0.562. The third-order valence-electron chi connectivity index (χ3n) is 4.05. The quantitative estimate of drug-likeness (QED) is 0.812. The van der Waals surface area contributed by atoms with Gasteiger partial charge in [0.1, 0.15) is 5.78 Å². The van der Waals surface area contributed by atoms with Crippen LogP contribution in [0.15, 0.2) is 30.3 Å². The van der Waals surface area contributed by atoms with E-state index in [1.807, 2.05) is 0 Å². The van der Waals surface area contributed by atoms with Crippen LogP contribution in [0.3, 0.4) is 0 Å². The molecule has 18 heavy (non-hydrogen) atoms. The van der Waals surface area contributed by atoms with Crippen LogP contribution in [0, 0.1) is 0 Å². The smallest absolute Gasteiger partial charge is 0.135 e. The molecule has 1 fully saturated rings. The number of benzene rings is 1. The summed E-state index contributed by atoms with van der Waals surface area (Å²) in [7, 11) is 0. The molecule has 0 atom stereocenters. The number of aryl methyl sites for hydroxylation is 1. The lowest BCUT2D eigenvalue weighted by Gasteiger charge is -2.40. The third-order valence-corrected chi connectivity index (χ3v) is 4.05. The molecule has 1 saturated heterocycles. The lowest BCUT2D eigenvalue weighted by atomic mass is 9.91. The van der Waals surface area contributed by atoms with Crippen molar-refractivity contribution < 1.29 is 4.79 Å². The van der Waals surface area contributed by atoms with Gasteiger partial charge in [0, 0.05) is 31.5 Å². The van der Waals surface area contributed by atoms with Crippen LogP contribution in [-0.2, 0) is 11.2 Å². The first-order valence-electron chi connectivity index (χ1n) is 6.89. The fourth-order valence-corrected chi connectivity index (χ4v) is 2.61. The van der Waals surface area contributed by atoms with E-state index < -0.39 is 0 Å². The van der Waals surface area contributed by atoms with Gasteiger partial charge in [-0.3, -0.25) is 9.69 Å². The predicted octanol–water partition coefficient (Wildman–Crippen LogP) is 3.06. The molecule has 0 aliphatic carbocycles. The van der Waals surface area contributed by atoms with Crippen molar-refractivity contribution in [2.45, 2.75) is 45.1 Å². The van der Waals surface area contributed by atoms with Gasteiger partial charge in [0.15, 0.2) is 0 Å². The van der Waals surface area contributed by atoms with Crippen LogP contribution in [-0.4, -0.2) is 29.3 Å². The topological polar surface area (TPSA) is 20.3 Å². The maximum Gasteiger partial charge on any atom is 0.135 e. The summed E-state index contributed by atoms with van der Waals surface area (Å²) in [5.74, 6) is 0.421. The second-order valence-electron chi connectivity index (χ2n) is 5.82. The summed E-state index contributed by atoms with van der Waals surface area (Å²) in [5, 5.41) is 0. The summed E-state index contributed by atoms with van der Waals surface area (Å²) < 4.78 is 0. The molecule has 2 rings (SSSR count). The Labute approximate surface area is 110 Å². The summed E-state index contributed by atoms with van der Waals surface area (Å²) in [6.07, 6.45) is 3.72. The predicted molar refractivity (Wildman–Crippen MR) is 74.7 cm³/mol. The summed E-state index contributed by atoms with van der Waals surface area (Å²) in [6, 6.07) is 10.6. The minimum atomic E-state index is 0.191. The third kappa shape index (κ3) is 3.42. The van der Waals surface area contributed by atoms with E-state index >= 15 is 0 Å². The molecule has 2 heteroatoms. The highest BCUT2D eigenvalue weighted by atomic mass is 16.1. The van der Waals surface area contributed by atoms with Crippen LogP contribution in [0.2, 0.25) is 0 Å². The van der Waals surface area contributed by atoms with Gasteiger partial charge in [0.05, 0.1) is 0 Å². The molecule has 1 aromatic carbocycles. The Bertz CT molecular complexity index is 387. The minimum absolute atomic E-state index is 0.191. The van der Waals surface area contributed by atoms with E-state index in [1.165, 1.54) is 5.56 Å². The first-order valence-corrected chi connectivity index (χ1v) is 6.89. The summed E-state index contributed by atoms with van der Waals surface area (Å²) in [5.41, 5.74) is 1.59. The number of nitrogens with zero attached hydrogens (tertiary/aromatic N) is 1. The molecule has 0 aromatic heterocycles. The number of hydrogen-bond acceptors (Lipinski definition) is 2. The molecule has 98 valence electrons. The zero-order valence-corrected chi connectivity index (χ0v) is 11.5. The van der Waals surface area contributed by atoms with Crippen LogP contribution in [0.25, 0.3) is 0 Å². The molecule has 0 saturated carbocycles. The standard InChI is InChI=1S/C16H23NO/c1-16(2,17-12-9-15(18)10-13-17)11-8-14-6-4-3-5-7-14/h3-7H,8-13H2,1-2H3. The summed E-state index contributed by atoms with van der Waals surface area (Å²) in [4.78, 5) is 13.8. The van der Waals surface area contributed by atoms with E-state index in [4.69, 9.17) is 0 Å². The van der Waals surface area contributed by atoms with E-state index in [0.717, 1.165) is 38.8 Å². The zero-order valence-electron chi connectivity index (χ0n) is 11.5. The SMILES string of the molecule is CC(C)(CCc1ccccc1)N1CCC(=O)CC1. The van der Waals surface area contributed by atoms with Gasteiger partial charge in [-0.05, 0) is 32.3 Å². The Kier molecular flexibility index (Phi) is 4.18. The molecular weight excluding hydrogens is 222 g/mol. The van der Waals surface area contributed by atoms with Gasteiger partial charge in [-0.2, -0.15) is 0 Å². The molecule has 1 aliphatic heterocycles. The van der Waals surface area contributed by atoms with Gasteiger partial charge in [0.25, 0.3) is 0 Å². The lowest BCUT2D eigenvalue weighted by Crippen LogP contribution is -2.48. The van der Waals surface area contributed by atoms with Crippen molar-refractivity contribution in [1.82, 2.24) is 4.90 Å². The van der Waals surface area contributed by atoms with Crippen molar-refractivity contribution in [2.24, 2.45) is 0 Å². The Morgan fingerprint density at radius 3 is 2.33 bits per heavy atom. The van der Waals surface area contributed by atoms with Gasteiger partial charge in [0.2, 0.25) is 0 Å². The second kappa shape index (κ2) is 5.66. The van der Waals surface area contributed by atoms with Crippen LogP contribution in [0.1, 0.15) is 38.7 Å². The maximum atomic E-state index is 11.3. The molecule has 0 spiro atoms. The fourth-order valence-electron chi connectivity index (χ4n) is 2.61. The zero-order chi connectivity index (χ0) is 13.0. The first-order chi connectivity index (χ1) is 8.58. The van der Waals surface area contributed by atoms with Crippen molar-refractivity contribution in [3.05, 3.63) is 35.9 Å². The maximum absolute atomic E-state index is 11.3. The average Bonchev–Trinajstić information content (AvgIpc) is 2.38. The highest BCUT2D eigenvalue weighted by Crippen LogP contribution is 2.24. The van der Waals surface area contributed by atoms with Crippen LogP contribution in [0.4, 0.5) is 0 Å². The number of likely N-dealkylation sites (tertiary alicyclic amines) is 1. The summed E-state index contributed by atoms with van der Waals surface area (Å²) in [6.45, 7) is 6.46. The number of Topliss-reactive ketones (excluding diaryl/α,β-unsaturated/α-hetero) is 1. The molecule has 0 amide bonds. The van der Waals surface area contributed by atoms with Crippen molar-refractivity contribution in [3.63, 3.8) is 0 Å². The Hall–Kier alpha value is -1.15. The highest BCUT2D eigenvalue weighted by molar-refractivity contribution is 5.79. The number of hydrogen-bond donors (Lipinski definition) is 0. The van der Waals surface area contributed by atoms with E-state index in [2.05, 4.69) is 49.1 Å². The number of ketones is 1. The van der Waals surface area contributed by atoms with Gasteiger partial charge in [-0.1, -0.05) is 30.3 Å². The molecular formula is C16H23NO. The van der Waals surface area contributed by atoms with Crippen molar-refractivity contribution in [1.29, 1.82) is 0 Å².